The molecule has 0 bridgehead atoms. The Morgan fingerprint density at radius 3 is 1.96 bits per heavy atom. The first-order valence-electron chi connectivity index (χ1n) is 7.59. The Labute approximate surface area is 142 Å². The largest absolute Gasteiger partial charge is 0.366 e. The molecule has 0 saturated carbocycles. The van der Waals surface area contributed by atoms with Crippen LogP contribution < -0.4 is 0 Å². The summed E-state index contributed by atoms with van der Waals surface area (Å²) in [6.07, 6.45) is 3.57. The Kier molecular flexibility index (Phi) is 3.43. The van der Waals surface area contributed by atoms with Crippen molar-refractivity contribution in [3.05, 3.63) is 89.7 Å². The molecule has 0 unspecified atom stereocenters. The number of rotatable bonds is 3. The summed E-state index contributed by atoms with van der Waals surface area (Å²) < 4.78 is 1.75. The van der Waals surface area contributed by atoms with Crippen molar-refractivity contribution in [1.82, 2.24) is 9.63 Å². The first-order chi connectivity index (χ1) is 12.2. The fraction of sp³-hybridized carbons (Fsp3) is 0. The van der Waals surface area contributed by atoms with Gasteiger partial charge in [0, 0.05) is 12.4 Å². The van der Waals surface area contributed by atoms with Gasteiger partial charge in [0.05, 0.1) is 22.4 Å². The average molecular weight is 332 g/mol. The van der Waals surface area contributed by atoms with Crippen LogP contribution in [0.25, 0.3) is 5.69 Å². The summed E-state index contributed by atoms with van der Waals surface area (Å²) in [5, 5.41) is 0.513. The zero-order chi connectivity index (χ0) is 17.4. The lowest BCUT2D eigenvalue weighted by atomic mass is 10.1. The minimum absolute atomic E-state index is 0.221. The first-order valence-corrected chi connectivity index (χ1v) is 7.59. The molecule has 0 atom stereocenters. The molecule has 1 aliphatic heterocycles. The molecule has 122 valence electrons. The second-order valence-corrected chi connectivity index (χ2v) is 5.44. The van der Waals surface area contributed by atoms with E-state index in [1.807, 2.05) is 12.1 Å². The molecular formula is C19H12N2O4. The van der Waals surface area contributed by atoms with E-state index in [0.29, 0.717) is 10.8 Å². The first kappa shape index (κ1) is 14.9. The van der Waals surface area contributed by atoms with Crippen LogP contribution in [0.4, 0.5) is 0 Å². The summed E-state index contributed by atoms with van der Waals surface area (Å²) in [6, 6.07) is 16.8. The number of imide groups is 1. The molecule has 1 aromatic heterocycles. The molecule has 0 saturated heterocycles. The third-order valence-electron chi connectivity index (χ3n) is 3.94. The van der Waals surface area contributed by atoms with E-state index in [2.05, 4.69) is 0 Å². The minimum Gasteiger partial charge on any atom is -0.324 e. The zero-order valence-electron chi connectivity index (χ0n) is 13.0. The van der Waals surface area contributed by atoms with Gasteiger partial charge in [-0.2, -0.15) is 0 Å². The van der Waals surface area contributed by atoms with E-state index in [9.17, 15) is 14.4 Å². The lowest BCUT2D eigenvalue weighted by molar-refractivity contribution is -0.0584. The van der Waals surface area contributed by atoms with E-state index in [1.54, 1.807) is 53.4 Å². The molecule has 2 aromatic carbocycles. The van der Waals surface area contributed by atoms with Crippen molar-refractivity contribution < 1.29 is 19.2 Å². The fourth-order valence-corrected chi connectivity index (χ4v) is 2.75. The number of hydroxylamine groups is 2. The molecular weight excluding hydrogens is 320 g/mol. The number of carbonyl (C=O) groups excluding carboxylic acids is 3. The van der Waals surface area contributed by atoms with Gasteiger partial charge in [0.25, 0.3) is 11.8 Å². The van der Waals surface area contributed by atoms with Crippen molar-refractivity contribution in [3.8, 4) is 5.69 Å². The highest BCUT2D eigenvalue weighted by Crippen LogP contribution is 2.24. The molecule has 2 heterocycles. The van der Waals surface area contributed by atoms with Crippen LogP contribution >= 0.6 is 0 Å². The number of hydrogen-bond donors (Lipinski definition) is 0. The van der Waals surface area contributed by atoms with Gasteiger partial charge in [-0.25, -0.2) is 4.79 Å². The van der Waals surface area contributed by atoms with Crippen molar-refractivity contribution in [2.24, 2.45) is 0 Å². The van der Waals surface area contributed by atoms with Gasteiger partial charge in [0.15, 0.2) is 0 Å². The fourth-order valence-electron chi connectivity index (χ4n) is 2.75. The van der Waals surface area contributed by atoms with Crippen LogP contribution in [0.15, 0.2) is 73.1 Å². The van der Waals surface area contributed by atoms with E-state index in [1.165, 1.54) is 12.1 Å². The summed E-state index contributed by atoms with van der Waals surface area (Å²) in [5.74, 6) is -2.07. The maximum absolute atomic E-state index is 12.6. The van der Waals surface area contributed by atoms with Crippen LogP contribution in [0.2, 0.25) is 0 Å². The topological polar surface area (TPSA) is 68.6 Å². The minimum atomic E-state index is -0.779. The predicted octanol–water partition coefficient (Wildman–Crippen LogP) is 2.85. The van der Waals surface area contributed by atoms with Crippen LogP contribution in [0.1, 0.15) is 31.1 Å². The molecule has 6 nitrogen and oxygen atoms in total. The molecule has 0 spiro atoms. The van der Waals surface area contributed by atoms with E-state index < -0.39 is 17.8 Å². The highest BCUT2D eigenvalue weighted by molar-refractivity contribution is 6.21. The van der Waals surface area contributed by atoms with Gasteiger partial charge in [0.2, 0.25) is 0 Å². The molecule has 0 N–H and O–H groups in total. The smallest absolute Gasteiger partial charge is 0.324 e. The summed E-state index contributed by atoms with van der Waals surface area (Å²) in [5.41, 5.74) is 1.28. The molecule has 3 aromatic rings. The van der Waals surface area contributed by atoms with Crippen molar-refractivity contribution in [1.29, 1.82) is 0 Å². The van der Waals surface area contributed by atoms with Crippen LogP contribution in [0.3, 0.4) is 0 Å². The normalized spacial score (nSPS) is 13.0. The number of carbonyl (C=O) groups is 3. The number of fused-ring (bicyclic) bond motifs is 1. The maximum atomic E-state index is 12.6. The monoisotopic (exact) mass is 332 g/mol. The second-order valence-electron chi connectivity index (χ2n) is 5.44. The van der Waals surface area contributed by atoms with Crippen LogP contribution in [0, 0.1) is 0 Å². The number of para-hydroxylation sites is 1. The molecule has 0 radical (unpaired) electrons. The lowest BCUT2D eigenvalue weighted by Crippen LogP contribution is -2.33. The van der Waals surface area contributed by atoms with Gasteiger partial charge in [-0.3, -0.25) is 9.59 Å². The highest BCUT2D eigenvalue weighted by Gasteiger charge is 2.39. The van der Waals surface area contributed by atoms with E-state index in [4.69, 9.17) is 4.84 Å². The Morgan fingerprint density at radius 2 is 1.32 bits per heavy atom. The van der Waals surface area contributed by atoms with Crippen molar-refractivity contribution in [3.63, 3.8) is 0 Å². The molecule has 4 rings (SSSR count). The summed E-state index contributed by atoms with van der Waals surface area (Å²) in [4.78, 5) is 42.3. The average Bonchev–Trinajstić information content (AvgIpc) is 3.26. The Bertz CT molecular complexity index is 957. The van der Waals surface area contributed by atoms with Crippen molar-refractivity contribution in [2.45, 2.75) is 0 Å². The van der Waals surface area contributed by atoms with E-state index in [-0.39, 0.29) is 16.7 Å². The molecule has 0 fully saturated rings. The standard InChI is InChI=1S/C19H12N2O4/c22-17-13-7-1-2-8-14(13)18(23)21(17)25-19(24)15-9-3-4-10-16(15)20-11-5-6-12-20/h1-12H. The highest BCUT2D eigenvalue weighted by atomic mass is 16.7. The Morgan fingerprint density at radius 1 is 0.760 bits per heavy atom. The van der Waals surface area contributed by atoms with Gasteiger partial charge in [-0.1, -0.05) is 29.3 Å². The quantitative estimate of drug-likeness (QED) is 0.692. The maximum Gasteiger partial charge on any atom is 0.366 e. The number of nitrogens with zero attached hydrogens (tertiary/aromatic N) is 2. The third kappa shape index (κ3) is 2.40. The van der Waals surface area contributed by atoms with E-state index >= 15 is 0 Å². The van der Waals surface area contributed by atoms with Gasteiger partial charge in [-0.15, -0.1) is 0 Å². The summed E-state index contributed by atoms with van der Waals surface area (Å²) in [7, 11) is 0. The summed E-state index contributed by atoms with van der Waals surface area (Å²) >= 11 is 0. The van der Waals surface area contributed by atoms with Crippen LogP contribution in [0.5, 0.6) is 0 Å². The number of aromatic nitrogens is 1. The molecule has 25 heavy (non-hydrogen) atoms. The van der Waals surface area contributed by atoms with Gasteiger partial charge >= 0.3 is 5.97 Å². The Balaban J connectivity index is 1.65. The van der Waals surface area contributed by atoms with Crippen LogP contribution in [-0.4, -0.2) is 27.4 Å². The predicted molar refractivity (Wildman–Crippen MR) is 88.1 cm³/mol. The molecule has 1 aliphatic rings. The van der Waals surface area contributed by atoms with Gasteiger partial charge in [0.1, 0.15) is 0 Å². The van der Waals surface area contributed by atoms with E-state index in [0.717, 1.165) is 0 Å². The number of amides is 2. The molecule has 2 amide bonds. The number of hydrogen-bond acceptors (Lipinski definition) is 4. The number of benzene rings is 2. The van der Waals surface area contributed by atoms with Crippen molar-refractivity contribution in [2.75, 3.05) is 0 Å². The lowest BCUT2D eigenvalue weighted by Gasteiger charge is -2.15. The third-order valence-corrected chi connectivity index (χ3v) is 3.94. The molecule has 0 aliphatic carbocycles. The van der Waals surface area contributed by atoms with Crippen LogP contribution in [-0.2, 0) is 4.84 Å². The van der Waals surface area contributed by atoms with Gasteiger partial charge < -0.3 is 9.40 Å². The zero-order valence-corrected chi connectivity index (χ0v) is 13.0. The Hall–Kier alpha value is -3.67. The van der Waals surface area contributed by atoms with Gasteiger partial charge in [-0.05, 0) is 36.4 Å². The van der Waals surface area contributed by atoms with Crippen molar-refractivity contribution >= 4 is 17.8 Å². The SMILES string of the molecule is O=C(ON1C(=O)c2ccccc2C1=O)c1ccccc1-n1cccc1. The summed E-state index contributed by atoms with van der Waals surface area (Å²) in [6.45, 7) is 0. The second kappa shape index (κ2) is 5.76. The molecule has 6 heteroatoms.